The van der Waals surface area contributed by atoms with Crippen molar-refractivity contribution in [2.75, 3.05) is 4.90 Å². The molecule has 0 fully saturated rings. The highest BCUT2D eigenvalue weighted by Gasteiger charge is 2.25. The van der Waals surface area contributed by atoms with Crippen molar-refractivity contribution in [2.45, 2.75) is 0 Å². The monoisotopic (exact) mass is 880 g/mol. The van der Waals surface area contributed by atoms with Gasteiger partial charge in [-0.2, -0.15) is 0 Å². The van der Waals surface area contributed by atoms with Gasteiger partial charge < -0.3 is 13.9 Å². The van der Waals surface area contributed by atoms with Gasteiger partial charge in [0, 0.05) is 44.0 Å². The quantitative estimate of drug-likeness (QED) is 0.144. The molecule has 11 aromatic carbocycles. The molecule has 0 spiro atoms. The van der Waals surface area contributed by atoms with Crippen molar-refractivity contribution in [3.63, 3.8) is 0 Å². The van der Waals surface area contributed by atoms with Gasteiger partial charge in [-0.15, -0.1) is 0 Å². The first kappa shape index (κ1) is 40.1. The van der Waals surface area contributed by atoms with Gasteiger partial charge in [-0.05, 0) is 111 Å². The number of nitrogens with zero attached hydrogens (tertiary/aromatic N) is 2. The summed E-state index contributed by atoms with van der Waals surface area (Å²) in [6, 6.07) is 96.3. The summed E-state index contributed by atoms with van der Waals surface area (Å²) in [6.07, 6.45) is 0. The van der Waals surface area contributed by atoms with Gasteiger partial charge in [0.2, 0.25) is 0 Å². The molecule has 0 unspecified atom stereocenters. The number of para-hydroxylation sites is 4. The molecule has 0 aliphatic carbocycles. The zero-order chi connectivity index (χ0) is 45.7. The molecule has 0 amide bonds. The van der Waals surface area contributed by atoms with Crippen molar-refractivity contribution < 1.29 is 4.42 Å². The summed E-state index contributed by atoms with van der Waals surface area (Å²) < 4.78 is 8.94. The Morgan fingerprint density at radius 1 is 0.304 bits per heavy atom. The van der Waals surface area contributed by atoms with Crippen LogP contribution in [0.2, 0.25) is 0 Å². The van der Waals surface area contributed by atoms with Crippen LogP contribution in [0.25, 0.3) is 105 Å². The van der Waals surface area contributed by atoms with Crippen molar-refractivity contribution in [1.29, 1.82) is 0 Å². The minimum Gasteiger partial charge on any atom is -0.456 e. The van der Waals surface area contributed by atoms with E-state index in [0.717, 1.165) is 83.6 Å². The Labute approximate surface area is 401 Å². The summed E-state index contributed by atoms with van der Waals surface area (Å²) in [5, 5.41) is 4.65. The molecule has 0 aliphatic rings. The van der Waals surface area contributed by atoms with Gasteiger partial charge in [-0.3, -0.25) is 0 Å². The molecule has 0 radical (unpaired) electrons. The van der Waals surface area contributed by atoms with E-state index in [-0.39, 0.29) is 0 Å². The van der Waals surface area contributed by atoms with Crippen molar-refractivity contribution in [1.82, 2.24) is 4.57 Å². The van der Waals surface area contributed by atoms with Gasteiger partial charge in [0.15, 0.2) is 0 Å². The lowest BCUT2D eigenvalue weighted by Gasteiger charge is -2.31. The molecule has 0 saturated heterocycles. The third-order valence-corrected chi connectivity index (χ3v) is 13.6. The standard InChI is InChI=1S/C66H44N2O/c1-4-18-45(19-5-1)47-34-36-49(37-35-47)65-53(50-40-43-56-55-25-12-15-33-63(55)69-64(56)44-50)27-16-31-61(65)68(52-41-38-48(39-42-52)46-20-6-2-7-21-46)59-29-13-10-24-54(59)57-28-17-32-62-66(57)58-26-11-14-30-60(58)67(62)51-22-8-3-9-23-51/h1-44H. The Balaban J connectivity index is 1.08. The van der Waals surface area contributed by atoms with Crippen LogP contribution in [-0.4, -0.2) is 4.57 Å². The number of furan rings is 1. The molecule has 3 heteroatoms. The van der Waals surface area contributed by atoms with E-state index in [1.165, 1.54) is 38.5 Å². The second kappa shape index (κ2) is 16.9. The topological polar surface area (TPSA) is 21.3 Å². The van der Waals surface area contributed by atoms with Gasteiger partial charge >= 0.3 is 0 Å². The van der Waals surface area contributed by atoms with Crippen molar-refractivity contribution in [3.8, 4) is 61.3 Å². The lowest BCUT2D eigenvalue weighted by molar-refractivity contribution is 0.669. The Hall–Kier alpha value is -9.18. The second-order valence-electron chi connectivity index (χ2n) is 17.6. The zero-order valence-corrected chi connectivity index (χ0v) is 37.7. The maximum Gasteiger partial charge on any atom is 0.136 e. The van der Waals surface area contributed by atoms with Gasteiger partial charge in [-0.1, -0.05) is 200 Å². The van der Waals surface area contributed by atoms with Crippen LogP contribution in [-0.2, 0) is 0 Å². The summed E-state index contributed by atoms with van der Waals surface area (Å²) in [4.78, 5) is 2.48. The van der Waals surface area contributed by atoms with E-state index >= 15 is 0 Å². The van der Waals surface area contributed by atoms with Gasteiger partial charge in [-0.25, -0.2) is 0 Å². The summed E-state index contributed by atoms with van der Waals surface area (Å²) in [5.74, 6) is 0. The molecule has 0 atom stereocenters. The Bertz CT molecular complexity index is 3980. The number of rotatable bonds is 9. The molecule has 13 aromatic rings. The van der Waals surface area contributed by atoms with Gasteiger partial charge in [0.25, 0.3) is 0 Å². The fraction of sp³-hybridized carbons (Fsp3) is 0. The molecule has 0 aliphatic heterocycles. The fourth-order valence-corrected chi connectivity index (χ4v) is 10.5. The van der Waals surface area contributed by atoms with Gasteiger partial charge in [0.05, 0.1) is 22.4 Å². The van der Waals surface area contributed by atoms with Crippen LogP contribution in [0.1, 0.15) is 0 Å². The number of anilines is 3. The lowest BCUT2D eigenvalue weighted by atomic mass is 9.90. The average Bonchev–Trinajstić information content (AvgIpc) is 3.98. The lowest BCUT2D eigenvalue weighted by Crippen LogP contribution is -2.13. The van der Waals surface area contributed by atoms with E-state index < -0.39 is 0 Å². The minimum atomic E-state index is 0.867. The molecule has 3 nitrogen and oxygen atoms in total. The summed E-state index contributed by atoms with van der Waals surface area (Å²) >= 11 is 0. The summed E-state index contributed by atoms with van der Waals surface area (Å²) in [7, 11) is 0. The Kier molecular flexibility index (Phi) is 9.84. The molecule has 0 N–H and O–H groups in total. The molecular formula is C66H44N2O. The van der Waals surface area contributed by atoms with E-state index in [1.54, 1.807) is 0 Å². The predicted molar refractivity (Wildman–Crippen MR) is 290 cm³/mol. The maximum atomic E-state index is 6.54. The minimum absolute atomic E-state index is 0.867. The maximum absolute atomic E-state index is 6.54. The summed E-state index contributed by atoms with van der Waals surface area (Å²) in [5.41, 5.74) is 19.8. The third kappa shape index (κ3) is 6.99. The van der Waals surface area contributed by atoms with Crippen LogP contribution >= 0.6 is 0 Å². The number of fused-ring (bicyclic) bond motifs is 6. The molecule has 2 aromatic heterocycles. The van der Waals surface area contributed by atoms with E-state index in [2.05, 4.69) is 264 Å². The largest absolute Gasteiger partial charge is 0.456 e. The number of benzene rings is 11. The zero-order valence-electron chi connectivity index (χ0n) is 37.7. The van der Waals surface area contributed by atoms with E-state index in [9.17, 15) is 0 Å². The van der Waals surface area contributed by atoms with E-state index in [4.69, 9.17) is 4.42 Å². The third-order valence-electron chi connectivity index (χ3n) is 13.6. The normalized spacial score (nSPS) is 11.5. The van der Waals surface area contributed by atoms with E-state index in [1.807, 2.05) is 12.1 Å². The molecule has 0 bridgehead atoms. The van der Waals surface area contributed by atoms with Gasteiger partial charge in [0.1, 0.15) is 11.2 Å². The van der Waals surface area contributed by atoms with Crippen LogP contribution in [0, 0.1) is 0 Å². The first-order valence-corrected chi connectivity index (χ1v) is 23.6. The molecule has 324 valence electrons. The molecule has 69 heavy (non-hydrogen) atoms. The molecule has 2 heterocycles. The SMILES string of the molecule is c1ccc(-c2ccc(-c3c(-c4ccc5c(c4)oc4ccccc45)cccc3N(c3ccc(-c4ccccc4)cc3)c3ccccc3-c3cccc4c3c3ccccc3n4-c3ccccc3)cc2)cc1. The van der Waals surface area contributed by atoms with Crippen LogP contribution in [0.4, 0.5) is 17.1 Å². The molecule has 0 saturated carbocycles. The van der Waals surface area contributed by atoms with Crippen LogP contribution in [0.15, 0.2) is 271 Å². The fourth-order valence-electron chi connectivity index (χ4n) is 10.5. The predicted octanol–water partition coefficient (Wildman–Crippen LogP) is 18.5. The van der Waals surface area contributed by atoms with Crippen LogP contribution < -0.4 is 4.90 Å². The van der Waals surface area contributed by atoms with Crippen molar-refractivity contribution in [3.05, 3.63) is 267 Å². The Morgan fingerprint density at radius 2 is 0.812 bits per heavy atom. The highest BCUT2D eigenvalue weighted by atomic mass is 16.3. The number of hydrogen-bond acceptors (Lipinski definition) is 2. The van der Waals surface area contributed by atoms with Crippen LogP contribution in [0.5, 0.6) is 0 Å². The summed E-state index contributed by atoms with van der Waals surface area (Å²) in [6.45, 7) is 0. The number of hydrogen-bond donors (Lipinski definition) is 0. The van der Waals surface area contributed by atoms with E-state index in [0.29, 0.717) is 0 Å². The van der Waals surface area contributed by atoms with Crippen molar-refractivity contribution in [2.24, 2.45) is 0 Å². The average molecular weight is 881 g/mol. The van der Waals surface area contributed by atoms with Crippen molar-refractivity contribution >= 4 is 60.8 Å². The highest BCUT2D eigenvalue weighted by Crippen LogP contribution is 2.50. The van der Waals surface area contributed by atoms with Crippen LogP contribution in [0.3, 0.4) is 0 Å². The smallest absolute Gasteiger partial charge is 0.136 e. The molecular weight excluding hydrogens is 837 g/mol. The highest BCUT2D eigenvalue weighted by molar-refractivity contribution is 6.17. The number of aromatic nitrogens is 1. The first-order chi connectivity index (χ1) is 34.2. The molecule has 13 rings (SSSR count). The Morgan fingerprint density at radius 3 is 1.57 bits per heavy atom. The first-order valence-electron chi connectivity index (χ1n) is 23.6. The second-order valence-corrected chi connectivity index (χ2v) is 17.6.